The van der Waals surface area contributed by atoms with E-state index in [0.29, 0.717) is 6.04 Å². The van der Waals surface area contributed by atoms with E-state index in [4.69, 9.17) is 4.74 Å². The van der Waals surface area contributed by atoms with E-state index in [1.54, 1.807) is 7.11 Å². The van der Waals surface area contributed by atoms with Gasteiger partial charge in [0.05, 0.1) is 0 Å². The van der Waals surface area contributed by atoms with Crippen LogP contribution in [0, 0.1) is 5.92 Å². The highest BCUT2D eigenvalue weighted by Gasteiger charge is 2.18. The first-order chi connectivity index (χ1) is 7.22. The number of piperidine rings is 1. The van der Waals surface area contributed by atoms with E-state index in [9.17, 15) is 0 Å². The number of nitrogens with zero attached hydrogens (tertiary/aromatic N) is 1. The molecule has 0 aliphatic carbocycles. The maximum absolute atomic E-state index is 5.20. The summed E-state index contributed by atoms with van der Waals surface area (Å²) in [4.78, 5) is 2.56. The number of likely N-dealkylation sites (tertiary alicyclic amines) is 1. The molecule has 1 aliphatic heterocycles. The Hall–Kier alpha value is -0.120. The summed E-state index contributed by atoms with van der Waals surface area (Å²) in [5.74, 6) is 0.796. The molecule has 0 amide bonds. The number of nitrogens with one attached hydrogen (secondary N) is 1. The second-order valence-electron chi connectivity index (χ2n) is 4.85. The second-order valence-corrected chi connectivity index (χ2v) is 4.85. The molecule has 3 heteroatoms. The van der Waals surface area contributed by atoms with Gasteiger partial charge in [0.2, 0.25) is 0 Å². The Morgan fingerprint density at radius 1 is 1.33 bits per heavy atom. The van der Waals surface area contributed by atoms with Crippen molar-refractivity contribution in [2.45, 2.75) is 32.7 Å². The summed E-state index contributed by atoms with van der Waals surface area (Å²) in [6.07, 6.45) is 2.60. The Labute approximate surface area is 94.2 Å². The summed E-state index contributed by atoms with van der Waals surface area (Å²) >= 11 is 0. The van der Waals surface area contributed by atoms with Crippen molar-refractivity contribution in [3.05, 3.63) is 0 Å². The van der Waals surface area contributed by atoms with Gasteiger partial charge in [-0.2, -0.15) is 0 Å². The van der Waals surface area contributed by atoms with Crippen molar-refractivity contribution in [2.24, 2.45) is 5.92 Å². The first-order valence-electron chi connectivity index (χ1n) is 6.17. The van der Waals surface area contributed by atoms with E-state index >= 15 is 0 Å². The highest BCUT2D eigenvalue weighted by molar-refractivity contribution is 4.72. The minimum absolute atomic E-state index is 0.607. The second kappa shape index (κ2) is 7.20. The Balaban J connectivity index is 2.04. The zero-order chi connectivity index (χ0) is 11.1. The summed E-state index contributed by atoms with van der Waals surface area (Å²) in [5, 5.41) is 3.46. The zero-order valence-electron chi connectivity index (χ0n) is 10.5. The lowest BCUT2D eigenvalue weighted by Gasteiger charge is -2.31. The minimum Gasteiger partial charge on any atom is -0.384 e. The fraction of sp³-hybridized carbons (Fsp3) is 1.00. The zero-order valence-corrected chi connectivity index (χ0v) is 10.5. The molecule has 1 saturated heterocycles. The van der Waals surface area contributed by atoms with Gasteiger partial charge in [0, 0.05) is 32.8 Å². The van der Waals surface area contributed by atoms with Gasteiger partial charge in [-0.1, -0.05) is 13.8 Å². The van der Waals surface area contributed by atoms with Gasteiger partial charge in [-0.15, -0.1) is 0 Å². The lowest BCUT2D eigenvalue weighted by atomic mass is 9.98. The van der Waals surface area contributed by atoms with Crippen molar-refractivity contribution >= 4 is 0 Å². The third kappa shape index (κ3) is 5.50. The average Bonchev–Trinajstić information content (AvgIpc) is 2.20. The highest BCUT2D eigenvalue weighted by atomic mass is 16.5. The molecule has 0 spiro atoms. The van der Waals surface area contributed by atoms with Gasteiger partial charge in [0.25, 0.3) is 0 Å². The van der Waals surface area contributed by atoms with Crippen LogP contribution in [0.3, 0.4) is 0 Å². The summed E-state index contributed by atoms with van der Waals surface area (Å²) in [6.45, 7) is 10.1. The largest absolute Gasteiger partial charge is 0.384 e. The molecule has 1 aliphatic rings. The summed E-state index contributed by atoms with van der Waals surface area (Å²) in [5.41, 5.74) is 0. The van der Waals surface area contributed by atoms with Crippen molar-refractivity contribution in [1.82, 2.24) is 10.2 Å². The van der Waals surface area contributed by atoms with Crippen LogP contribution in [-0.2, 0) is 4.74 Å². The topological polar surface area (TPSA) is 24.5 Å². The van der Waals surface area contributed by atoms with Crippen molar-refractivity contribution in [2.75, 3.05) is 39.9 Å². The number of ether oxygens (including phenoxy) is 1. The van der Waals surface area contributed by atoms with Crippen molar-refractivity contribution < 1.29 is 4.74 Å². The molecule has 1 heterocycles. The normalized spacial score (nSPS) is 20.0. The minimum atomic E-state index is 0.607. The molecule has 0 saturated carbocycles. The van der Waals surface area contributed by atoms with Crippen LogP contribution in [0.1, 0.15) is 26.7 Å². The van der Waals surface area contributed by atoms with Crippen LogP contribution in [0.25, 0.3) is 0 Å². The fourth-order valence-corrected chi connectivity index (χ4v) is 2.12. The van der Waals surface area contributed by atoms with E-state index in [1.807, 2.05) is 0 Å². The molecule has 1 fully saturated rings. The molecule has 0 unspecified atom stereocenters. The van der Waals surface area contributed by atoms with Gasteiger partial charge >= 0.3 is 0 Å². The van der Waals surface area contributed by atoms with Crippen LogP contribution in [-0.4, -0.2) is 50.8 Å². The van der Waals surface area contributed by atoms with Gasteiger partial charge in [0.15, 0.2) is 0 Å². The van der Waals surface area contributed by atoms with Crippen LogP contribution in [0.5, 0.6) is 0 Å². The van der Waals surface area contributed by atoms with Gasteiger partial charge in [-0.25, -0.2) is 0 Å². The van der Waals surface area contributed by atoms with E-state index in [1.165, 1.54) is 32.5 Å². The molecule has 0 aromatic heterocycles. The average molecular weight is 214 g/mol. The molecule has 0 aromatic rings. The Kier molecular flexibility index (Phi) is 6.22. The number of methoxy groups -OCH3 is 1. The molecular formula is C12H26N2O. The van der Waals surface area contributed by atoms with E-state index in [0.717, 1.165) is 19.1 Å². The molecule has 0 atom stereocenters. The van der Waals surface area contributed by atoms with Gasteiger partial charge < -0.3 is 15.0 Å². The van der Waals surface area contributed by atoms with Crippen LogP contribution in [0.15, 0.2) is 0 Å². The number of hydrogen-bond acceptors (Lipinski definition) is 3. The van der Waals surface area contributed by atoms with Crippen molar-refractivity contribution in [3.63, 3.8) is 0 Å². The molecule has 0 aromatic carbocycles. The Bertz CT molecular complexity index is 154. The Morgan fingerprint density at radius 2 is 2.00 bits per heavy atom. The molecule has 1 N–H and O–H groups in total. The maximum Gasteiger partial charge on any atom is 0.0491 e. The molecule has 15 heavy (non-hydrogen) atoms. The molecule has 3 nitrogen and oxygen atoms in total. The molecule has 0 bridgehead atoms. The Morgan fingerprint density at radius 3 is 2.53 bits per heavy atom. The summed E-state index contributed by atoms with van der Waals surface area (Å²) in [7, 11) is 1.80. The molecule has 1 rings (SSSR count). The number of rotatable bonds is 6. The maximum atomic E-state index is 5.20. The molecule has 90 valence electrons. The third-order valence-corrected chi connectivity index (χ3v) is 3.09. The first-order valence-corrected chi connectivity index (χ1v) is 6.17. The van der Waals surface area contributed by atoms with E-state index in [2.05, 4.69) is 24.1 Å². The van der Waals surface area contributed by atoms with Gasteiger partial charge in [0.1, 0.15) is 0 Å². The lowest BCUT2D eigenvalue weighted by Crippen LogP contribution is -2.40. The fourth-order valence-electron chi connectivity index (χ4n) is 2.12. The van der Waals surface area contributed by atoms with Crippen LogP contribution >= 0.6 is 0 Å². The molecular weight excluding hydrogens is 188 g/mol. The molecule has 0 radical (unpaired) electrons. The van der Waals surface area contributed by atoms with Crippen LogP contribution in [0.2, 0.25) is 0 Å². The predicted molar refractivity (Wildman–Crippen MR) is 64.2 cm³/mol. The van der Waals surface area contributed by atoms with Gasteiger partial charge in [-0.05, 0) is 31.8 Å². The van der Waals surface area contributed by atoms with E-state index in [-0.39, 0.29) is 0 Å². The third-order valence-electron chi connectivity index (χ3n) is 3.09. The van der Waals surface area contributed by atoms with Gasteiger partial charge in [-0.3, -0.25) is 0 Å². The van der Waals surface area contributed by atoms with Crippen LogP contribution in [0.4, 0.5) is 0 Å². The quantitative estimate of drug-likeness (QED) is 0.722. The van der Waals surface area contributed by atoms with Crippen molar-refractivity contribution in [1.29, 1.82) is 0 Å². The standard InChI is InChI=1S/C12H26N2O/c1-11(2)13-6-9-14-7-4-12(5-8-14)10-15-3/h11-13H,4-10H2,1-3H3. The smallest absolute Gasteiger partial charge is 0.0491 e. The predicted octanol–water partition coefficient (Wildman–Crippen LogP) is 1.34. The summed E-state index contributed by atoms with van der Waals surface area (Å²) in [6, 6.07) is 0.607. The lowest BCUT2D eigenvalue weighted by molar-refractivity contribution is 0.0997. The SMILES string of the molecule is COCC1CCN(CCNC(C)C)CC1. The van der Waals surface area contributed by atoms with E-state index < -0.39 is 0 Å². The number of hydrogen-bond donors (Lipinski definition) is 1. The first kappa shape index (κ1) is 12.9. The monoisotopic (exact) mass is 214 g/mol. The summed E-state index contributed by atoms with van der Waals surface area (Å²) < 4.78 is 5.20. The van der Waals surface area contributed by atoms with Crippen LogP contribution < -0.4 is 5.32 Å². The van der Waals surface area contributed by atoms with Crippen molar-refractivity contribution in [3.8, 4) is 0 Å². The highest BCUT2D eigenvalue weighted by Crippen LogP contribution is 2.16.